The molecule has 1 N–H and O–H groups in total. The van der Waals surface area contributed by atoms with Crippen LogP contribution >= 0.6 is 23.2 Å². The van der Waals surface area contributed by atoms with Crippen LogP contribution in [0.2, 0.25) is 10.0 Å². The molecule has 2 aromatic carbocycles. The number of carbonyl (C=O) groups excluding carboxylic acids is 1. The van der Waals surface area contributed by atoms with Gasteiger partial charge in [0.15, 0.2) is 0 Å². The van der Waals surface area contributed by atoms with Crippen LogP contribution in [0.3, 0.4) is 0 Å². The van der Waals surface area contributed by atoms with Crippen LogP contribution in [0.25, 0.3) is 0 Å². The first-order chi connectivity index (χ1) is 12.5. The standard InChI is InChI=1S/C20H23Cl2NO3/c1-23(13-16-5-3-4-6-19(16)26-2)20(25)12-15(9-10-24)14-7-8-17(21)18(22)11-14/h3-8,11,15,24H,9-10,12-13H2,1-2H3. The number of halogens is 2. The molecule has 0 spiro atoms. The van der Waals surface area contributed by atoms with Crippen molar-refractivity contribution in [2.75, 3.05) is 20.8 Å². The second-order valence-corrected chi connectivity index (χ2v) is 6.96. The smallest absolute Gasteiger partial charge is 0.223 e. The van der Waals surface area contributed by atoms with Gasteiger partial charge >= 0.3 is 0 Å². The molecule has 0 aliphatic rings. The number of amides is 1. The Labute approximate surface area is 164 Å². The summed E-state index contributed by atoms with van der Waals surface area (Å²) in [6, 6.07) is 12.9. The Morgan fingerprint density at radius 2 is 1.92 bits per heavy atom. The minimum Gasteiger partial charge on any atom is -0.496 e. The van der Waals surface area contributed by atoms with Crippen molar-refractivity contribution in [2.45, 2.75) is 25.3 Å². The van der Waals surface area contributed by atoms with E-state index in [1.807, 2.05) is 30.3 Å². The van der Waals surface area contributed by atoms with E-state index in [1.165, 1.54) is 0 Å². The Balaban J connectivity index is 2.09. The van der Waals surface area contributed by atoms with Crippen LogP contribution in [0, 0.1) is 0 Å². The van der Waals surface area contributed by atoms with Gasteiger partial charge < -0.3 is 14.7 Å². The van der Waals surface area contributed by atoms with E-state index >= 15 is 0 Å². The predicted molar refractivity (Wildman–Crippen MR) is 105 cm³/mol. The van der Waals surface area contributed by atoms with E-state index in [0.717, 1.165) is 16.9 Å². The van der Waals surface area contributed by atoms with Gasteiger partial charge in [-0.25, -0.2) is 0 Å². The number of benzene rings is 2. The third-order valence-corrected chi connectivity index (χ3v) is 5.08. The van der Waals surface area contributed by atoms with Crippen molar-refractivity contribution in [1.29, 1.82) is 0 Å². The topological polar surface area (TPSA) is 49.8 Å². The third kappa shape index (κ3) is 5.37. The van der Waals surface area contributed by atoms with Crippen molar-refractivity contribution >= 4 is 29.1 Å². The Hall–Kier alpha value is -1.75. The number of aliphatic hydroxyl groups is 1. The van der Waals surface area contributed by atoms with E-state index in [-0.39, 0.29) is 24.9 Å². The summed E-state index contributed by atoms with van der Waals surface area (Å²) >= 11 is 12.1. The van der Waals surface area contributed by atoms with Gasteiger partial charge in [0, 0.05) is 32.2 Å². The molecule has 2 aromatic rings. The molecule has 1 atom stereocenters. The molecule has 2 rings (SSSR count). The monoisotopic (exact) mass is 395 g/mol. The molecular weight excluding hydrogens is 373 g/mol. The highest BCUT2D eigenvalue weighted by atomic mass is 35.5. The zero-order valence-electron chi connectivity index (χ0n) is 14.9. The summed E-state index contributed by atoms with van der Waals surface area (Å²) < 4.78 is 5.34. The van der Waals surface area contributed by atoms with Crippen LogP contribution in [0.1, 0.15) is 29.9 Å². The molecule has 0 heterocycles. The highest BCUT2D eigenvalue weighted by Crippen LogP contribution is 2.30. The van der Waals surface area contributed by atoms with Crippen LogP contribution < -0.4 is 4.74 Å². The van der Waals surface area contributed by atoms with Crippen LogP contribution in [0.5, 0.6) is 5.75 Å². The largest absolute Gasteiger partial charge is 0.496 e. The predicted octanol–water partition coefficient (Wildman–Crippen LogP) is 4.52. The molecule has 26 heavy (non-hydrogen) atoms. The van der Waals surface area contributed by atoms with E-state index in [0.29, 0.717) is 23.0 Å². The number of rotatable bonds is 8. The minimum atomic E-state index is -0.123. The summed E-state index contributed by atoms with van der Waals surface area (Å²) in [5, 5.41) is 10.3. The number of hydrogen-bond acceptors (Lipinski definition) is 3. The molecule has 0 aliphatic carbocycles. The average Bonchev–Trinajstić information content (AvgIpc) is 2.64. The molecule has 1 amide bonds. The lowest BCUT2D eigenvalue weighted by atomic mass is 9.92. The summed E-state index contributed by atoms with van der Waals surface area (Å²) in [5.74, 6) is 0.617. The summed E-state index contributed by atoms with van der Waals surface area (Å²) in [4.78, 5) is 14.4. The van der Waals surface area contributed by atoms with Gasteiger partial charge in [-0.15, -0.1) is 0 Å². The van der Waals surface area contributed by atoms with Crippen LogP contribution in [0.4, 0.5) is 0 Å². The van der Waals surface area contributed by atoms with Gasteiger partial charge in [0.2, 0.25) is 5.91 Å². The van der Waals surface area contributed by atoms with Gasteiger partial charge in [0.1, 0.15) is 5.75 Å². The van der Waals surface area contributed by atoms with Crippen LogP contribution in [-0.2, 0) is 11.3 Å². The quantitative estimate of drug-likeness (QED) is 0.714. The van der Waals surface area contributed by atoms with Gasteiger partial charge in [-0.3, -0.25) is 4.79 Å². The van der Waals surface area contributed by atoms with E-state index in [9.17, 15) is 9.90 Å². The number of carbonyl (C=O) groups is 1. The summed E-state index contributed by atoms with van der Waals surface area (Å²) in [6.45, 7) is 0.449. The molecule has 0 radical (unpaired) electrons. The first kappa shape index (κ1) is 20.6. The second kappa shape index (κ2) is 9.81. The van der Waals surface area contributed by atoms with Gasteiger partial charge in [0.25, 0.3) is 0 Å². The highest BCUT2D eigenvalue weighted by Gasteiger charge is 2.20. The number of hydrogen-bond donors (Lipinski definition) is 1. The molecule has 0 saturated carbocycles. The van der Waals surface area contributed by atoms with Crippen molar-refractivity contribution in [3.8, 4) is 5.75 Å². The molecule has 6 heteroatoms. The molecule has 0 aromatic heterocycles. The normalized spacial score (nSPS) is 11.9. The number of ether oxygens (including phenoxy) is 1. The number of aliphatic hydroxyl groups excluding tert-OH is 1. The van der Waals surface area contributed by atoms with E-state index in [2.05, 4.69) is 0 Å². The molecule has 140 valence electrons. The van der Waals surface area contributed by atoms with Crippen molar-refractivity contribution < 1.29 is 14.6 Å². The van der Waals surface area contributed by atoms with Gasteiger partial charge in [-0.2, -0.15) is 0 Å². The fourth-order valence-electron chi connectivity index (χ4n) is 2.85. The lowest BCUT2D eigenvalue weighted by molar-refractivity contribution is -0.130. The van der Waals surface area contributed by atoms with Crippen molar-refractivity contribution in [1.82, 2.24) is 4.90 Å². The van der Waals surface area contributed by atoms with Crippen LogP contribution in [0.15, 0.2) is 42.5 Å². The Bertz CT molecular complexity index is 752. The van der Waals surface area contributed by atoms with Gasteiger partial charge in [-0.05, 0) is 36.1 Å². The summed E-state index contributed by atoms with van der Waals surface area (Å²) in [6.07, 6.45) is 0.760. The van der Waals surface area contributed by atoms with E-state index in [1.54, 1.807) is 31.2 Å². The summed E-state index contributed by atoms with van der Waals surface area (Å²) in [5.41, 5.74) is 1.84. The highest BCUT2D eigenvalue weighted by molar-refractivity contribution is 6.42. The lowest BCUT2D eigenvalue weighted by Crippen LogP contribution is -2.28. The molecule has 0 fully saturated rings. The van der Waals surface area contributed by atoms with E-state index in [4.69, 9.17) is 27.9 Å². The van der Waals surface area contributed by atoms with Gasteiger partial charge in [0.05, 0.1) is 17.2 Å². The molecule has 4 nitrogen and oxygen atoms in total. The average molecular weight is 396 g/mol. The van der Waals surface area contributed by atoms with Crippen molar-refractivity contribution in [3.63, 3.8) is 0 Å². The van der Waals surface area contributed by atoms with Gasteiger partial charge in [-0.1, -0.05) is 47.5 Å². The zero-order chi connectivity index (χ0) is 19.1. The molecule has 1 unspecified atom stereocenters. The Kier molecular flexibility index (Phi) is 7.76. The Morgan fingerprint density at radius 1 is 1.19 bits per heavy atom. The first-order valence-electron chi connectivity index (χ1n) is 8.38. The fourth-order valence-corrected chi connectivity index (χ4v) is 3.16. The number of para-hydroxylation sites is 1. The van der Waals surface area contributed by atoms with Crippen LogP contribution in [-0.4, -0.2) is 36.7 Å². The van der Waals surface area contributed by atoms with Crippen molar-refractivity contribution in [2.24, 2.45) is 0 Å². The molecule has 0 bridgehead atoms. The Morgan fingerprint density at radius 3 is 2.58 bits per heavy atom. The third-order valence-electron chi connectivity index (χ3n) is 4.34. The maximum Gasteiger partial charge on any atom is 0.223 e. The maximum atomic E-state index is 12.7. The van der Waals surface area contributed by atoms with E-state index < -0.39 is 0 Å². The zero-order valence-corrected chi connectivity index (χ0v) is 16.4. The molecular formula is C20H23Cl2NO3. The lowest BCUT2D eigenvalue weighted by Gasteiger charge is -2.22. The molecule has 0 saturated heterocycles. The van der Waals surface area contributed by atoms with Crippen molar-refractivity contribution in [3.05, 3.63) is 63.6 Å². The minimum absolute atomic E-state index is 0.00554. The number of nitrogens with zero attached hydrogens (tertiary/aromatic N) is 1. The maximum absolute atomic E-state index is 12.7. The second-order valence-electron chi connectivity index (χ2n) is 6.15. The summed E-state index contributed by atoms with van der Waals surface area (Å²) in [7, 11) is 3.38. The first-order valence-corrected chi connectivity index (χ1v) is 9.13. The number of methoxy groups -OCH3 is 1. The SMILES string of the molecule is COc1ccccc1CN(C)C(=O)CC(CCO)c1ccc(Cl)c(Cl)c1. The fraction of sp³-hybridized carbons (Fsp3) is 0.350. The molecule has 0 aliphatic heterocycles.